The van der Waals surface area contributed by atoms with Crippen molar-refractivity contribution in [1.29, 1.82) is 0 Å². The van der Waals surface area contributed by atoms with Crippen LogP contribution in [-0.4, -0.2) is 43.9 Å². The van der Waals surface area contributed by atoms with Crippen LogP contribution in [-0.2, 0) is 46.6 Å². The molecule has 0 aliphatic carbocycles. The Hall–Kier alpha value is -3.79. The van der Waals surface area contributed by atoms with E-state index >= 15 is 0 Å². The molecule has 212 valence electrons. The third-order valence-corrected chi connectivity index (χ3v) is 7.49. The molecule has 2 aliphatic heterocycles. The van der Waals surface area contributed by atoms with E-state index < -0.39 is 11.9 Å². The highest BCUT2D eigenvalue weighted by Crippen LogP contribution is 2.31. The van der Waals surface area contributed by atoms with Gasteiger partial charge in [0.1, 0.15) is 18.6 Å². The van der Waals surface area contributed by atoms with E-state index in [2.05, 4.69) is 62.1 Å². The summed E-state index contributed by atoms with van der Waals surface area (Å²) in [6, 6.07) is 5.22. The van der Waals surface area contributed by atoms with E-state index in [4.69, 9.17) is 9.05 Å². The summed E-state index contributed by atoms with van der Waals surface area (Å²) >= 11 is 0. The van der Waals surface area contributed by atoms with Crippen LogP contribution in [0.1, 0.15) is 98.4 Å². The zero-order valence-electron chi connectivity index (χ0n) is 24.0. The minimum atomic E-state index is -0.633. The minimum absolute atomic E-state index is 0.171. The van der Waals surface area contributed by atoms with Crippen molar-refractivity contribution in [3.05, 3.63) is 69.9 Å². The number of imide groups is 1. The summed E-state index contributed by atoms with van der Waals surface area (Å²) in [5, 5.41) is 10.9. The van der Waals surface area contributed by atoms with Gasteiger partial charge in [-0.2, -0.15) is 0 Å². The highest BCUT2D eigenvalue weighted by atomic mass is 16.5. The van der Waals surface area contributed by atoms with E-state index in [1.807, 2.05) is 18.2 Å². The Morgan fingerprint density at radius 3 is 2.08 bits per heavy atom. The predicted molar refractivity (Wildman–Crippen MR) is 146 cm³/mol. The molecule has 0 spiro atoms. The maximum Gasteiger partial charge on any atom is 0.255 e. The molecule has 5 rings (SSSR count). The average molecular weight is 548 g/mol. The molecule has 0 saturated carbocycles. The van der Waals surface area contributed by atoms with E-state index in [1.54, 1.807) is 17.4 Å². The first-order valence-corrected chi connectivity index (χ1v) is 13.7. The maximum absolute atomic E-state index is 13.2. The number of nitrogens with zero attached hydrogens (tertiary/aromatic N) is 4. The van der Waals surface area contributed by atoms with E-state index in [-0.39, 0.29) is 29.1 Å². The highest BCUT2D eigenvalue weighted by molar-refractivity contribution is 6.05. The van der Waals surface area contributed by atoms with Crippen molar-refractivity contribution in [3.63, 3.8) is 0 Å². The number of carbonyl (C=O) groups excluding carboxylic acids is 3. The monoisotopic (exact) mass is 547 g/mol. The lowest BCUT2D eigenvalue weighted by molar-refractivity contribution is -0.136. The van der Waals surface area contributed by atoms with Gasteiger partial charge >= 0.3 is 0 Å². The first-order valence-electron chi connectivity index (χ1n) is 13.7. The van der Waals surface area contributed by atoms with Gasteiger partial charge in [-0.1, -0.05) is 64.0 Å². The van der Waals surface area contributed by atoms with Gasteiger partial charge in [0, 0.05) is 60.1 Å². The normalized spacial score (nSPS) is 18.0. The topological polar surface area (TPSA) is 122 Å². The number of piperidine rings is 1. The Balaban J connectivity index is 1.40. The van der Waals surface area contributed by atoms with Crippen molar-refractivity contribution in [1.82, 2.24) is 25.4 Å². The molecule has 2 aromatic heterocycles. The van der Waals surface area contributed by atoms with Gasteiger partial charge in [0.05, 0.1) is 11.4 Å². The van der Waals surface area contributed by atoms with Crippen LogP contribution in [0.25, 0.3) is 0 Å². The second-order valence-corrected chi connectivity index (χ2v) is 12.9. The van der Waals surface area contributed by atoms with Crippen molar-refractivity contribution in [2.45, 2.75) is 97.4 Å². The molecule has 1 unspecified atom stereocenters. The average Bonchev–Trinajstić information content (AvgIpc) is 3.58. The fraction of sp³-hybridized carbons (Fsp3) is 0.500. The van der Waals surface area contributed by atoms with Crippen LogP contribution in [0.15, 0.2) is 39.8 Å². The quantitative estimate of drug-likeness (QED) is 0.437. The molecule has 1 fully saturated rings. The first-order chi connectivity index (χ1) is 18.8. The molecule has 1 saturated heterocycles. The lowest BCUT2D eigenvalue weighted by Gasteiger charge is -2.29. The number of hydrogen-bond donors (Lipinski definition) is 1. The number of amides is 3. The summed E-state index contributed by atoms with van der Waals surface area (Å²) < 4.78 is 10.8. The molecule has 40 heavy (non-hydrogen) atoms. The van der Waals surface area contributed by atoms with Gasteiger partial charge in [-0.3, -0.25) is 24.6 Å². The molecule has 10 nitrogen and oxygen atoms in total. The predicted octanol–water partition coefficient (Wildman–Crippen LogP) is 4.22. The number of nitrogens with one attached hydrogen (secondary N) is 1. The van der Waals surface area contributed by atoms with Crippen LogP contribution in [0.4, 0.5) is 0 Å². The van der Waals surface area contributed by atoms with Crippen LogP contribution < -0.4 is 5.32 Å². The summed E-state index contributed by atoms with van der Waals surface area (Å²) in [5.74, 6) is -0.875. The Kier molecular flexibility index (Phi) is 7.16. The van der Waals surface area contributed by atoms with Crippen molar-refractivity contribution in [2.24, 2.45) is 0 Å². The lowest BCUT2D eigenvalue weighted by atomic mass is 9.88. The Labute approximate surface area is 234 Å². The summed E-state index contributed by atoms with van der Waals surface area (Å²) in [6.45, 7) is 14.8. The molecule has 2 aliphatic rings. The molecule has 1 atom stereocenters. The number of carbonyl (C=O) groups is 3. The third-order valence-electron chi connectivity index (χ3n) is 7.49. The van der Waals surface area contributed by atoms with Crippen molar-refractivity contribution in [3.8, 4) is 0 Å². The smallest absolute Gasteiger partial charge is 0.255 e. The van der Waals surface area contributed by atoms with Crippen molar-refractivity contribution >= 4 is 17.7 Å². The maximum atomic E-state index is 13.2. The Morgan fingerprint density at radius 1 is 0.925 bits per heavy atom. The van der Waals surface area contributed by atoms with E-state index in [9.17, 15) is 14.4 Å². The molecule has 1 aromatic carbocycles. The third kappa shape index (κ3) is 5.58. The van der Waals surface area contributed by atoms with Crippen LogP contribution in [0, 0.1) is 0 Å². The van der Waals surface area contributed by atoms with Crippen LogP contribution in [0.2, 0.25) is 0 Å². The van der Waals surface area contributed by atoms with Gasteiger partial charge in [0.2, 0.25) is 11.8 Å². The number of benzene rings is 1. The van der Waals surface area contributed by atoms with Crippen molar-refractivity contribution in [2.75, 3.05) is 0 Å². The molecular formula is C30H37N5O5. The van der Waals surface area contributed by atoms with E-state index in [0.29, 0.717) is 38.2 Å². The SMILES string of the molecule is CC(C)(C)c1nocc1CN(Cc1ccc2c(c1)CN(C1CCC(=O)NC1=O)C2=O)Cc1conc1C(C)(C)C. The zero-order chi connectivity index (χ0) is 28.8. The summed E-state index contributed by atoms with van der Waals surface area (Å²) in [6.07, 6.45) is 4.00. The fourth-order valence-corrected chi connectivity index (χ4v) is 5.61. The number of aromatic nitrogens is 2. The summed E-state index contributed by atoms with van der Waals surface area (Å²) in [4.78, 5) is 41.1. The molecular weight excluding hydrogens is 510 g/mol. The Bertz CT molecular complexity index is 1390. The molecule has 0 bridgehead atoms. The van der Waals surface area contributed by atoms with Gasteiger partial charge in [-0.15, -0.1) is 0 Å². The second-order valence-electron chi connectivity index (χ2n) is 12.9. The molecule has 4 heterocycles. The minimum Gasteiger partial charge on any atom is -0.364 e. The molecule has 1 N–H and O–H groups in total. The number of rotatable bonds is 7. The second kappa shape index (κ2) is 10.3. The largest absolute Gasteiger partial charge is 0.364 e. The molecule has 0 radical (unpaired) electrons. The molecule has 3 amide bonds. The van der Waals surface area contributed by atoms with E-state index in [0.717, 1.165) is 33.6 Å². The molecule has 3 aromatic rings. The van der Waals surface area contributed by atoms with E-state index in [1.165, 1.54) is 0 Å². The highest BCUT2D eigenvalue weighted by Gasteiger charge is 2.39. The van der Waals surface area contributed by atoms with Gasteiger partial charge < -0.3 is 13.9 Å². The molecule has 10 heteroatoms. The van der Waals surface area contributed by atoms with Gasteiger partial charge in [-0.05, 0) is 23.6 Å². The summed E-state index contributed by atoms with van der Waals surface area (Å²) in [5.41, 5.74) is 6.04. The summed E-state index contributed by atoms with van der Waals surface area (Å²) in [7, 11) is 0. The zero-order valence-corrected chi connectivity index (χ0v) is 24.0. The Morgan fingerprint density at radius 2 is 1.52 bits per heavy atom. The number of hydrogen-bond acceptors (Lipinski definition) is 8. The van der Waals surface area contributed by atoms with Gasteiger partial charge in [0.25, 0.3) is 5.91 Å². The van der Waals surface area contributed by atoms with Crippen LogP contribution in [0.3, 0.4) is 0 Å². The fourth-order valence-electron chi connectivity index (χ4n) is 5.61. The van der Waals surface area contributed by atoms with Crippen LogP contribution in [0.5, 0.6) is 0 Å². The first kappa shape index (κ1) is 27.8. The van der Waals surface area contributed by atoms with Gasteiger partial charge in [0.15, 0.2) is 0 Å². The van der Waals surface area contributed by atoms with Crippen molar-refractivity contribution < 1.29 is 23.4 Å². The lowest BCUT2D eigenvalue weighted by Crippen LogP contribution is -2.52. The standard InChI is InChI=1S/C30H37N5O5/c1-29(2,3)25-20(16-39-32-25)13-34(14-21-17-40-33-26(21)30(4,5)6)12-18-7-8-22-19(11-18)15-35(28(22)38)23-9-10-24(36)31-27(23)37/h7-8,11,16-17,23H,9-10,12-15H2,1-6H3,(H,31,36,37). The van der Waals surface area contributed by atoms with Crippen LogP contribution >= 0.6 is 0 Å². The van der Waals surface area contributed by atoms with Gasteiger partial charge in [-0.25, -0.2) is 0 Å². The number of fused-ring (bicyclic) bond motifs is 1.